The summed E-state index contributed by atoms with van der Waals surface area (Å²) in [5.74, 6) is -0.0949. The molecule has 0 fully saturated rings. The Morgan fingerprint density at radius 2 is 2.14 bits per heavy atom. The molecule has 0 unspecified atom stereocenters. The van der Waals surface area contributed by atoms with E-state index in [1.807, 2.05) is 48.7 Å². The van der Waals surface area contributed by atoms with Crippen LogP contribution in [0, 0.1) is 3.57 Å². The van der Waals surface area contributed by atoms with E-state index < -0.39 is 0 Å². The lowest BCUT2D eigenvalue weighted by Gasteiger charge is -2.05. The van der Waals surface area contributed by atoms with Crippen molar-refractivity contribution in [3.05, 3.63) is 51.6 Å². The highest BCUT2D eigenvalue weighted by Crippen LogP contribution is 2.30. The molecule has 0 saturated heterocycles. The quantitative estimate of drug-likeness (QED) is 0.480. The summed E-state index contributed by atoms with van der Waals surface area (Å²) < 4.78 is 3.16. The number of fused-ring (bicyclic) bond motifs is 1. The highest BCUT2D eigenvalue weighted by Gasteiger charge is 2.08. The van der Waals surface area contributed by atoms with Crippen LogP contribution in [0.15, 0.2) is 46.8 Å². The highest BCUT2D eigenvalue weighted by atomic mass is 127. The number of aromatic nitrogens is 1. The van der Waals surface area contributed by atoms with Crippen molar-refractivity contribution in [2.45, 2.75) is 4.34 Å². The number of nitrogens with one attached hydrogen (secondary N) is 1. The van der Waals surface area contributed by atoms with Gasteiger partial charge in [-0.3, -0.25) is 4.79 Å². The number of halogens is 1. The Labute approximate surface area is 144 Å². The maximum absolute atomic E-state index is 12.2. The first-order valence-corrected chi connectivity index (χ1v) is 9.29. The van der Waals surface area contributed by atoms with Crippen LogP contribution in [-0.4, -0.2) is 17.1 Å². The second-order valence-electron chi connectivity index (χ2n) is 4.33. The molecule has 3 rings (SSSR count). The van der Waals surface area contributed by atoms with Crippen molar-refractivity contribution >= 4 is 67.5 Å². The van der Waals surface area contributed by atoms with Crippen LogP contribution in [0.1, 0.15) is 10.4 Å². The highest BCUT2D eigenvalue weighted by molar-refractivity contribution is 14.1. The number of carbonyl (C=O) groups excluding carboxylic acids is 1. The van der Waals surface area contributed by atoms with E-state index in [4.69, 9.17) is 0 Å². The SMILES string of the molecule is CSc1nc2ccc(NC(=O)c3cccc(I)c3)cc2s1. The zero-order chi connectivity index (χ0) is 14.8. The molecule has 0 spiro atoms. The molecule has 0 radical (unpaired) electrons. The van der Waals surface area contributed by atoms with Crippen molar-refractivity contribution in [2.24, 2.45) is 0 Å². The van der Waals surface area contributed by atoms with E-state index in [0.717, 1.165) is 23.8 Å². The Morgan fingerprint density at radius 1 is 1.29 bits per heavy atom. The summed E-state index contributed by atoms with van der Waals surface area (Å²) in [4.78, 5) is 16.7. The molecule has 0 aliphatic rings. The Balaban J connectivity index is 1.85. The van der Waals surface area contributed by atoms with Gasteiger partial charge in [-0.1, -0.05) is 17.8 Å². The fourth-order valence-corrected chi connectivity index (χ4v) is 3.97. The fraction of sp³-hybridized carbons (Fsp3) is 0.0667. The van der Waals surface area contributed by atoms with Gasteiger partial charge >= 0.3 is 0 Å². The van der Waals surface area contributed by atoms with Gasteiger partial charge in [0.15, 0.2) is 4.34 Å². The summed E-state index contributed by atoms with van der Waals surface area (Å²) >= 11 is 5.47. The van der Waals surface area contributed by atoms with Gasteiger partial charge < -0.3 is 5.32 Å². The largest absolute Gasteiger partial charge is 0.322 e. The first-order chi connectivity index (χ1) is 10.2. The third-order valence-corrected chi connectivity index (χ3v) is 5.56. The molecule has 0 aliphatic carbocycles. The summed E-state index contributed by atoms with van der Waals surface area (Å²) in [6.07, 6.45) is 2.01. The molecule has 0 bridgehead atoms. The third kappa shape index (κ3) is 3.38. The summed E-state index contributed by atoms with van der Waals surface area (Å²) in [5.41, 5.74) is 2.43. The van der Waals surface area contributed by atoms with Crippen LogP contribution in [0.3, 0.4) is 0 Å². The number of anilines is 1. The lowest BCUT2D eigenvalue weighted by molar-refractivity contribution is 0.102. The van der Waals surface area contributed by atoms with Crippen LogP contribution in [0.5, 0.6) is 0 Å². The van der Waals surface area contributed by atoms with Crippen molar-refractivity contribution in [1.29, 1.82) is 0 Å². The number of benzene rings is 2. The van der Waals surface area contributed by atoms with Gasteiger partial charge in [0.25, 0.3) is 5.91 Å². The molecule has 106 valence electrons. The number of amides is 1. The van der Waals surface area contributed by atoms with Gasteiger partial charge in [-0.05, 0) is 65.2 Å². The molecule has 6 heteroatoms. The number of rotatable bonds is 3. The van der Waals surface area contributed by atoms with Gasteiger partial charge in [-0.25, -0.2) is 4.98 Å². The van der Waals surface area contributed by atoms with Gasteiger partial charge in [-0.15, -0.1) is 11.3 Å². The summed E-state index contributed by atoms with van der Waals surface area (Å²) in [5, 5.41) is 2.93. The van der Waals surface area contributed by atoms with Gasteiger partial charge in [0.1, 0.15) is 0 Å². The summed E-state index contributed by atoms with van der Waals surface area (Å²) in [7, 11) is 0. The van der Waals surface area contributed by atoms with E-state index in [2.05, 4.69) is 32.9 Å². The molecule has 0 atom stereocenters. The molecule has 1 amide bonds. The second kappa shape index (κ2) is 6.33. The number of hydrogen-bond acceptors (Lipinski definition) is 4. The first kappa shape index (κ1) is 14.8. The monoisotopic (exact) mass is 426 g/mol. The smallest absolute Gasteiger partial charge is 0.255 e. The topological polar surface area (TPSA) is 42.0 Å². The maximum atomic E-state index is 12.2. The van der Waals surface area contributed by atoms with E-state index in [1.54, 1.807) is 23.1 Å². The van der Waals surface area contributed by atoms with Gasteiger partial charge in [-0.2, -0.15) is 0 Å². The molecular formula is C15H11IN2OS2. The summed E-state index contributed by atoms with van der Waals surface area (Å²) in [6, 6.07) is 13.3. The zero-order valence-electron chi connectivity index (χ0n) is 11.1. The number of thioether (sulfide) groups is 1. The molecule has 1 N–H and O–H groups in total. The average Bonchev–Trinajstić information content (AvgIpc) is 2.89. The molecule has 21 heavy (non-hydrogen) atoms. The van der Waals surface area contributed by atoms with Crippen LogP contribution < -0.4 is 5.32 Å². The standard InChI is InChI=1S/C15H11IN2OS2/c1-20-15-18-12-6-5-11(8-13(12)21-15)17-14(19)9-3-2-4-10(16)7-9/h2-8H,1H3,(H,17,19). The Hall–Kier alpha value is -1.12. The maximum Gasteiger partial charge on any atom is 0.255 e. The molecule has 1 aromatic heterocycles. The van der Waals surface area contributed by atoms with E-state index in [-0.39, 0.29) is 5.91 Å². The van der Waals surface area contributed by atoms with Gasteiger partial charge in [0.05, 0.1) is 10.2 Å². The molecular weight excluding hydrogens is 415 g/mol. The van der Waals surface area contributed by atoms with E-state index in [0.29, 0.717) is 5.56 Å². The minimum atomic E-state index is -0.0949. The van der Waals surface area contributed by atoms with Crippen LogP contribution in [0.4, 0.5) is 5.69 Å². The molecule has 3 aromatic rings. The van der Waals surface area contributed by atoms with Crippen molar-refractivity contribution in [2.75, 3.05) is 11.6 Å². The number of hydrogen-bond donors (Lipinski definition) is 1. The third-order valence-electron chi connectivity index (χ3n) is 2.89. The van der Waals surface area contributed by atoms with Crippen LogP contribution in [-0.2, 0) is 0 Å². The number of thiazole rings is 1. The van der Waals surface area contributed by atoms with Crippen molar-refractivity contribution in [3.63, 3.8) is 0 Å². The van der Waals surface area contributed by atoms with Gasteiger partial charge in [0.2, 0.25) is 0 Å². The minimum absolute atomic E-state index is 0.0949. The summed E-state index contributed by atoms with van der Waals surface area (Å²) in [6.45, 7) is 0. The van der Waals surface area contributed by atoms with E-state index in [9.17, 15) is 4.79 Å². The second-order valence-corrected chi connectivity index (χ2v) is 7.66. The molecule has 0 aliphatic heterocycles. The Bertz CT molecular complexity index is 816. The van der Waals surface area contributed by atoms with Crippen molar-refractivity contribution in [1.82, 2.24) is 4.98 Å². The molecule has 3 nitrogen and oxygen atoms in total. The average molecular weight is 426 g/mol. The number of carbonyl (C=O) groups is 1. The normalized spacial score (nSPS) is 10.8. The lowest BCUT2D eigenvalue weighted by atomic mass is 10.2. The Kier molecular flexibility index (Phi) is 4.46. The molecule has 1 heterocycles. The van der Waals surface area contributed by atoms with E-state index in [1.165, 1.54) is 0 Å². The Morgan fingerprint density at radius 3 is 2.90 bits per heavy atom. The van der Waals surface area contributed by atoms with E-state index >= 15 is 0 Å². The molecule has 0 saturated carbocycles. The number of nitrogens with zero attached hydrogens (tertiary/aromatic N) is 1. The van der Waals surface area contributed by atoms with Crippen molar-refractivity contribution < 1.29 is 4.79 Å². The predicted octanol–water partition coefficient (Wildman–Crippen LogP) is 4.88. The first-order valence-electron chi connectivity index (χ1n) is 6.17. The van der Waals surface area contributed by atoms with Crippen molar-refractivity contribution in [3.8, 4) is 0 Å². The van der Waals surface area contributed by atoms with Gasteiger partial charge in [0, 0.05) is 14.8 Å². The van der Waals surface area contributed by atoms with Crippen LogP contribution in [0.25, 0.3) is 10.2 Å². The fourth-order valence-electron chi connectivity index (χ4n) is 1.90. The van der Waals surface area contributed by atoms with Crippen LogP contribution in [0.2, 0.25) is 0 Å². The minimum Gasteiger partial charge on any atom is -0.322 e. The lowest BCUT2D eigenvalue weighted by Crippen LogP contribution is -2.11. The zero-order valence-corrected chi connectivity index (χ0v) is 14.9. The predicted molar refractivity (Wildman–Crippen MR) is 98.5 cm³/mol. The van der Waals surface area contributed by atoms with Crippen LogP contribution >= 0.6 is 45.7 Å². The molecule has 2 aromatic carbocycles.